The zero-order chi connectivity index (χ0) is 23.6. The predicted octanol–water partition coefficient (Wildman–Crippen LogP) is 3.07. The number of anilines is 1. The summed E-state index contributed by atoms with van der Waals surface area (Å²) in [7, 11) is -2.17. The molecule has 0 heterocycles. The summed E-state index contributed by atoms with van der Waals surface area (Å²) < 4.78 is 33.2. The second-order valence-corrected chi connectivity index (χ2v) is 9.95. The second kappa shape index (κ2) is 12.3. The summed E-state index contributed by atoms with van der Waals surface area (Å²) in [5.41, 5.74) is 7.45. The van der Waals surface area contributed by atoms with Gasteiger partial charge in [0.15, 0.2) is 0 Å². The van der Waals surface area contributed by atoms with Gasteiger partial charge in [0.25, 0.3) is 0 Å². The van der Waals surface area contributed by atoms with E-state index in [1.807, 2.05) is 44.2 Å². The number of sulfonamides is 1. The van der Waals surface area contributed by atoms with Gasteiger partial charge in [0.2, 0.25) is 10.0 Å². The third-order valence-electron chi connectivity index (χ3n) is 4.79. The van der Waals surface area contributed by atoms with Crippen molar-refractivity contribution in [2.45, 2.75) is 45.3 Å². The molecule has 32 heavy (non-hydrogen) atoms. The largest absolute Gasteiger partial charge is 0.497 e. The van der Waals surface area contributed by atoms with Gasteiger partial charge >= 0.3 is 6.03 Å². The molecule has 0 spiro atoms. The summed E-state index contributed by atoms with van der Waals surface area (Å²) in [6.45, 7) is 4.03. The first-order valence-corrected chi connectivity index (χ1v) is 12.3. The monoisotopic (exact) mass is 462 g/mol. The number of benzene rings is 2. The summed E-state index contributed by atoms with van der Waals surface area (Å²) in [5.74, 6) is 0.691. The van der Waals surface area contributed by atoms with Crippen molar-refractivity contribution in [2.24, 2.45) is 11.7 Å². The van der Waals surface area contributed by atoms with E-state index in [4.69, 9.17) is 10.5 Å². The maximum absolute atomic E-state index is 12.8. The predicted molar refractivity (Wildman–Crippen MR) is 128 cm³/mol. The SMILES string of the molecule is COc1ccc(NS(=O)(=O)C[C@H](CCc2ccccc2)NC(=O)N[C@@H](N)CC(C)C)cc1. The van der Waals surface area contributed by atoms with Crippen LogP contribution in [0.4, 0.5) is 10.5 Å². The van der Waals surface area contributed by atoms with Gasteiger partial charge in [-0.15, -0.1) is 0 Å². The molecule has 2 aromatic rings. The average molecular weight is 463 g/mol. The Labute approximate surface area is 191 Å². The van der Waals surface area contributed by atoms with Crippen LogP contribution in [0.25, 0.3) is 0 Å². The van der Waals surface area contributed by atoms with Crippen LogP contribution in [0.15, 0.2) is 54.6 Å². The smallest absolute Gasteiger partial charge is 0.316 e. The van der Waals surface area contributed by atoms with Crippen molar-refractivity contribution in [3.8, 4) is 5.75 Å². The molecule has 2 amide bonds. The third-order valence-corrected chi connectivity index (χ3v) is 6.17. The highest BCUT2D eigenvalue weighted by Gasteiger charge is 2.22. The minimum Gasteiger partial charge on any atom is -0.497 e. The number of aryl methyl sites for hydroxylation is 1. The molecule has 0 unspecified atom stereocenters. The van der Waals surface area contributed by atoms with Crippen LogP contribution in [-0.4, -0.2) is 39.5 Å². The number of carbonyl (C=O) groups excluding carboxylic acids is 1. The number of rotatable bonds is 12. The Kier molecular flexibility index (Phi) is 9.80. The number of urea groups is 1. The van der Waals surface area contributed by atoms with Gasteiger partial charge in [-0.3, -0.25) is 4.72 Å². The first-order chi connectivity index (χ1) is 15.2. The molecule has 5 N–H and O–H groups in total. The van der Waals surface area contributed by atoms with Crippen LogP contribution in [0.5, 0.6) is 5.75 Å². The number of nitrogens with one attached hydrogen (secondary N) is 3. The standard InChI is InChI=1S/C23H34N4O4S/c1-17(2)15-22(24)26-23(28)25-20(10-9-18-7-5-4-6-8-18)16-32(29,30)27-19-11-13-21(31-3)14-12-19/h4-8,11-14,17,20,22,27H,9-10,15-16,24H2,1-3H3,(H2,25,26,28)/t20-,22+/m0/s1. The van der Waals surface area contributed by atoms with Gasteiger partial charge in [-0.05, 0) is 55.0 Å². The fourth-order valence-electron chi connectivity index (χ4n) is 3.29. The quantitative estimate of drug-likeness (QED) is 0.361. The molecule has 0 bridgehead atoms. The minimum absolute atomic E-state index is 0.265. The molecule has 8 nitrogen and oxygen atoms in total. The molecule has 2 aromatic carbocycles. The van der Waals surface area contributed by atoms with Gasteiger partial charge in [-0.1, -0.05) is 44.2 Å². The van der Waals surface area contributed by atoms with Crippen molar-refractivity contribution < 1.29 is 17.9 Å². The van der Waals surface area contributed by atoms with E-state index < -0.39 is 28.3 Å². The van der Waals surface area contributed by atoms with Crippen LogP contribution in [-0.2, 0) is 16.4 Å². The van der Waals surface area contributed by atoms with E-state index in [2.05, 4.69) is 15.4 Å². The highest BCUT2D eigenvalue weighted by atomic mass is 32.2. The Hall–Kier alpha value is -2.78. The van der Waals surface area contributed by atoms with Crippen molar-refractivity contribution >= 4 is 21.7 Å². The highest BCUT2D eigenvalue weighted by molar-refractivity contribution is 7.92. The topological polar surface area (TPSA) is 123 Å². The summed E-state index contributed by atoms with van der Waals surface area (Å²) in [5, 5.41) is 5.47. The first-order valence-electron chi connectivity index (χ1n) is 10.7. The van der Waals surface area contributed by atoms with Crippen molar-refractivity contribution in [1.29, 1.82) is 0 Å². The van der Waals surface area contributed by atoms with Crippen LogP contribution in [0.2, 0.25) is 0 Å². The molecule has 0 aliphatic carbocycles. The Morgan fingerprint density at radius 1 is 1.03 bits per heavy atom. The molecule has 0 aliphatic heterocycles. The van der Waals surface area contributed by atoms with Gasteiger partial charge in [0.05, 0.1) is 19.0 Å². The highest BCUT2D eigenvalue weighted by Crippen LogP contribution is 2.17. The van der Waals surface area contributed by atoms with Gasteiger partial charge < -0.3 is 21.1 Å². The lowest BCUT2D eigenvalue weighted by atomic mass is 10.1. The lowest BCUT2D eigenvalue weighted by Gasteiger charge is -2.22. The van der Waals surface area contributed by atoms with Crippen molar-refractivity contribution in [3.05, 3.63) is 60.2 Å². The summed E-state index contributed by atoms with van der Waals surface area (Å²) >= 11 is 0. The van der Waals surface area contributed by atoms with E-state index in [-0.39, 0.29) is 5.75 Å². The summed E-state index contributed by atoms with van der Waals surface area (Å²) in [6, 6.07) is 15.2. The van der Waals surface area contributed by atoms with Gasteiger partial charge in [-0.25, -0.2) is 13.2 Å². The molecule has 0 saturated heterocycles. The zero-order valence-corrected chi connectivity index (χ0v) is 19.7. The van der Waals surface area contributed by atoms with Crippen LogP contribution < -0.4 is 25.8 Å². The van der Waals surface area contributed by atoms with E-state index in [1.165, 1.54) is 0 Å². The third kappa shape index (κ3) is 9.57. The van der Waals surface area contributed by atoms with Crippen molar-refractivity contribution in [2.75, 3.05) is 17.6 Å². The molecule has 0 saturated carbocycles. The van der Waals surface area contributed by atoms with Crippen LogP contribution in [0.1, 0.15) is 32.3 Å². The summed E-state index contributed by atoms with van der Waals surface area (Å²) in [4.78, 5) is 12.4. The fraction of sp³-hybridized carbons (Fsp3) is 0.435. The van der Waals surface area contributed by atoms with Gasteiger partial charge in [0, 0.05) is 11.7 Å². The van der Waals surface area contributed by atoms with E-state index in [9.17, 15) is 13.2 Å². The number of nitrogens with two attached hydrogens (primary N) is 1. The number of carbonyl (C=O) groups is 1. The van der Waals surface area contributed by atoms with Crippen molar-refractivity contribution in [3.63, 3.8) is 0 Å². The average Bonchev–Trinajstić information content (AvgIpc) is 2.72. The van der Waals surface area contributed by atoms with E-state index in [0.717, 1.165) is 5.56 Å². The normalized spacial score (nSPS) is 13.3. The first kappa shape index (κ1) is 25.5. The Morgan fingerprint density at radius 3 is 2.28 bits per heavy atom. The molecular formula is C23H34N4O4S. The minimum atomic E-state index is -3.72. The number of hydrogen-bond donors (Lipinski definition) is 4. The molecule has 2 atom stereocenters. The number of hydrogen-bond acceptors (Lipinski definition) is 5. The fourth-order valence-corrected chi connectivity index (χ4v) is 4.65. The van der Waals surface area contributed by atoms with E-state index >= 15 is 0 Å². The maximum atomic E-state index is 12.8. The molecule has 9 heteroatoms. The van der Waals surface area contributed by atoms with Gasteiger partial charge in [-0.2, -0.15) is 0 Å². The number of amides is 2. The second-order valence-electron chi connectivity index (χ2n) is 8.19. The molecular weight excluding hydrogens is 428 g/mol. The Bertz CT molecular complexity index is 934. The number of ether oxygens (including phenoxy) is 1. The molecule has 2 rings (SSSR count). The van der Waals surface area contributed by atoms with Crippen LogP contribution in [0.3, 0.4) is 0 Å². The summed E-state index contributed by atoms with van der Waals surface area (Å²) in [6.07, 6.45) is 1.21. The number of methoxy groups -OCH3 is 1. The van der Waals surface area contributed by atoms with Gasteiger partial charge in [0.1, 0.15) is 5.75 Å². The molecule has 176 valence electrons. The van der Waals surface area contributed by atoms with E-state index in [0.29, 0.717) is 36.6 Å². The Balaban J connectivity index is 2.04. The van der Waals surface area contributed by atoms with Crippen LogP contribution in [0, 0.1) is 5.92 Å². The zero-order valence-electron chi connectivity index (χ0n) is 18.9. The molecule has 0 aromatic heterocycles. The van der Waals surface area contributed by atoms with Crippen LogP contribution >= 0.6 is 0 Å². The van der Waals surface area contributed by atoms with Crippen molar-refractivity contribution in [1.82, 2.24) is 10.6 Å². The Morgan fingerprint density at radius 2 is 1.69 bits per heavy atom. The lowest BCUT2D eigenvalue weighted by molar-refractivity contribution is 0.231. The maximum Gasteiger partial charge on any atom is 0.316 e. The molecule has 0 aliphatic rings. The van der Waals surface area contributed by atoms with E-state index in [1.54, 1.807) is 31.4 Å². The molecule has 0 fully saturated rings. The molecule has 0 radical (unpaired) electrons. The lowest BCUT2D eigenvalue weighted by Crippen LogP contribution is -2.51.